The molecule has 1 aliphatic rings. The number of carboxylic acid groups (broad SMARTS) is 1. The Morgan fingerprint density at radius 1 is 0.788 bits per heavy atom. The number of aromatic nitrogens is 1. The van der Waals surface area contributed by atoms with Crippen LogP contribution in [0.15, 0.2) is 96.2 Å². The van der Waals surface area contributed by atoms with Crippen LogP contribution in [0.4, 0.5) is 22.0 Å². The van der Waals surface area contributed by atoms with Gasteiger partial charge in [0, 0.05) is 30.5 Å². The number of nitrogens with one attached hydrogen (secondary N) is 1. The van der Waals surface area contributed by atoms with Gasteiger partial charge in [0.25, 0.3) is 5.91 Å². The molecule has 268 valence electrons. The highest BCUT2D eigenvalue weighted by Gasteiger charge is 2.33. The molecule has 3 N–H and O–H groups in total. The number of pyridine rings is 1. The van der Waals surface area contributed by atoms with Crippen molar-refractivity contribution in [1.29, 1.82) is 0 Å². The van der Waals surface area contributed by atoms with E-state index in [4.69, 9.17) is 9.47 Å². The van der Waals surface area contributed by atoms with Crippen LogP contribution >= 0.6 is 11.8 Å². The summed E-state index contributed by atoms with van der Waals surface area (Å²) in [6.45, 7) is -0.365. The minimum atomic E-state index is -2.35. The molecule has 52 heavy (non-hydrogen) atoms. The van der Waals surface area contributed by atoms with E-state index >= 15 is 0 Å². The second-order valence-corrected chi connectivity index (χ2v) is 12.8. The molecule has 0 bridgehead atoms. The number of hydrogen-bond acceptors (Lipinski definition) is 7. The normalized spacial score (nSPS) is 17.2. The van der Waals surface area contributed by atoms with Gasteiger partial charge in [0.1, 0.15) is 10.6 Å². The van der Waals surface area contributed by atoms with Crippen molar-refractivity contribution in [3.63, 3.8) is 0 Å². The Morgan fingerprint density at radius 3 is 2.13 bits per heavy atom. The largest absolute Gasteiger partial charge is 0.478 e. The minimum absolute atomic E-state index is 0.0933. The zero-order valence-corrected chi connectivity index (χ0v) is 27.8. The van der Waals surface area contributed by atoms with Gasteiger partial charge in [-0.15, -0.1) is 11.8 Å². The molecule has 1 saturated heterocycles. The number of benzene rings is 4. The van der Waals surface area contributed by atoms with Crippen LogP contribution in [0.25, 0.3) is 11.1 Å². The molecule has 0 spiro atoms. The molecule has 5 aromatic rings. The average molecular weight is 737 g/mol. The molecule has 1 fully saturated rings. The molecule has 0 radical (unpaired) electrons. The van der Waals surface area contributed by atoms with Crippen molar-refractivity contribution >= 4 is 23.6 Å². The molecule has 0 aliphatic carbocycles. The van der Waals surface area contributed by atoms with E-state index in [2.05, 4.69) is 10.3 Å². The van der Waals surface area contributed by atoms with Crippen LogP contribution in [0.5, 0.6) is 0 Å². The molecular weight excluding hydrogens is 707 g/mol. The molecule has 6 rings (SSSR count). The summed E-state index contributed by atoms with van der Waals surface area (Å²) in [4.78, 5) is 28.4. The van der Waals surface area contributed by atoms with Gasteiger partial charge in [-0.05, 0) is 46.0 Å². The molecule has 4 aromatic carbocycles. The topological polar surface area (TPSA) is 118 Å². The van der Waals surface area contributed by atoms with Gasteiger partial charge in [0.05, 0.1) is 24.4 Å². The molecule has 1 aliphatic heterocycles. The molecule has 3 atom stereocenters. The number of rotatable bonds is 11. The first-order valence-electron chi connectivity index (χ1n) is 15.8. The van der Waals surface area contributed by atoms with Gasteiger partial charge < -0.3 is 25.0 Å². The van der Waals surface area contributed by atoms with Crippen molar-refractivity contribution in [3.05, 3.63) is 154 Å². The Bertz CT molecular complexity index is 2070. The molecule has 14 heteroatoms. The van der Waals surface area contributed by atoms with E-state index in [1.54, 1.807) is 30.3 Å². The summed E-state index contributed by atoms with van der Waals surface area (Å²) in [7, 11) is 0. The lowest BCUT2D eigenvalue weighted by molar-refractivity contribution is -0.245. The van der Waals surface area contributed by atoms with Crippen molar-refractivity contribution in [2.75, 3.05) is 5.75 Å². The lowest BCUT2D eigenvalue weighted by Gasteiger charge is -2.36. The first-order valence-corrected chi connectivity index (χ1v) is 16.8. The smallest absolute Gasteiger partial charge is 0.338 e. The van der Waals surface area contributed by atoms with E-state index < -0.39 is 52.8 Å². The molecule has 8 nitrogen and oxygen atoms in total. The summed E-state index contributed by atoms with van der Waals surface area (Å²) in [5, 5.41) is 21.6. The third-order valence-electron chi connectivity index (χ3n) is 8.36. The van der Waals surface area contributed by atoms with E-state index in [0.29, 0.717) is 33.9 Å². The van der Waals surface area contributed by atoms with E-state index in [1.165, 1.54) is 24.0 Å². The fourth-order valence-electron chi connectivity index (χ4n) is 5.63. The Labute approximate surface area is 298 Å². The molecule has 1 aromatic heterocycles. The van der Waals surface area contributed by atoms with E-state index in [9.17, 15) is 41.8 Å². The highest BCUT2D eigenvalue weighted by molar-refractivity contribution is 7.99. The minimum Gasteiger partial charge on any atom is -0.478 e. The van der Waals surface area contributed by atoms with Gasteiger partial charge >= 0.3 is 5.97 Å². The maximum absolute atomic E-state index is 14.1. The zero-order chi connectivity index (χ0) is 36.9. The number of thioether (sulfide) groups is 1. The number of halogens is 5. The van der Waals surface area contributed by atoms with E-state index in [0.717, 1.165) is 16.7 Å². The summed E-state index contributed by atoms with van der Waals surface area (Å²) in [6.07, 6.45) is 0.481. The Kier molecular flexibility index (Phi) is 11.3. The first kappa shape index (κ1) is 36.6. The SMILES string of the molecule is O=C(O)c1cccnc1SCC1CC(c2ccc(CO)cc2)OC(c2ccc(-c3cccc(CNC(=O)c4c(F)c(F)c(F)c(F)c4F)c3)cc2)O1. The summed E-state index contributed by atoms with van der Waals surface area (Å²) < 4.78 is 81.6. The third kappa shape index (κ3) is 8.00. The van der Waals surface area contributed by atoms with Crippen LogP contribution in [0.3, 0.4) is 0 Å². The van der Waals surface area contributed by atoms with Gasteiger partial charge in [-0.25, -0.2) is 31.7 Å². The average Bonchev–Trinajstić information content (AvgIpc) is 3.18. The maximum atomic E-state index is 14.1. The number of amides is 1. The van der Waals surface area contributed by atoms with Crippen molar-refractivity contribution in [3.8, 4) is 11.1 Å². The van der Waals surface area contributed by atoms with Crippen LogP contribution in [0, 0.1) is 29.1 Å². The third-order valence-corrected chi connectivity index (χ3v) is 9.49. The van der Waals surface area contributed by atoms with E-state index in [-0.39, 0.29) is 30.9 Å². The number of aliphatic hydroxyl groups is 1. The Balaban J connectivity index is 1.17. The standard InChI is InChI=1S/C38H29F5N2O6S/c39-30-29(31(40)33(42)34(43)32(30)41)35(47)45-17-21-3-1-4-25(15-21)22-10-12-24(13-11-22)38-50-26(19-52-36-27(37(48)49)5-2-14-44-36)16-28(51-38)23-8-6-20(18-46)7-9-23/h1-15,26,28,38,46H,16-19H2,(H,45,47)(H,48,49). The number of carboxylic acids is 1. The highest BCUT2D eigenvalue weighted by atomic mass is 32.2. The van der Waals surface area contributed by atoms with Crippen LogP contribution in [0.2, 0.25) is 0 Å². The van der Waals surface area contributed by atoms with Gasteiger partial charge in [0.15, 0.2) is 29.6 Å². The Hall–Kier alpha value is -5.15. The zero-order valence-electron chi connectivity index (χ0n) is 27.0. The van der Waals surface area contributed by atoms with Crippen molar-refractivity contribution in [2.24, 2.45) is 0 Å². The monoisotopic (exact) mass is 736 g/mol. The number of carbonyl (C=O) groups is 2. The Morgan fingerprint density at radius 2 is 1.46 bits per heavy atom. The molecule has 1 amide bonds. The quantitative estimate of drug-likeness (QED) is 0.0543. The van der Waals surface area contributed by atoms with Crippen LogP contribution in [-0.4, -0.2) is 38.9 Å². The number of hydrogen-bond donors (Lipinski definition) is 3. The molecule has 2 heterocycles. The van der Waals surface area contributed by atoms with Crippen molar-refractivity contribution in [2.45, 2.75) is 43.1 Å². The predicted molar refractivity (Wildman–Crippen MR) is 180 cm³/mol. The van der Waals surface area contributed by atoms with Gasteiger partial charge in [-0.2, -0.15) is 0 Å². The maximum Gasteiger partial charge on any atom is 0.338 e. The van der Waals surface area contributed by atoms with E-state index in [1.807, 2.05) is 48.5 Å². The van der Waals surface area contributed by atoms with Crippen LogP contribution in [0.1, 0.15) is 61.8 Å². The highest BCUT2D eigenvalue weighted by Crippen LogP contribution is 2.40. The number of nitrogens with zero attached hydrogens (tertiary/aromatic N) is 1. The second-order valence-electron chi connectivity index (χ2n) is 11.8. The summed E-state index contributed by atoms with van der Waals surface area (Å²) in [6, 6.07) is 24.5. The second kappa shape index (κ2) is 16.0. The predicted octanol–water partition coefficient (Wildman–Crippen LogP) is 7.90. The summed E-state index contributed by atoms with van der Waals surface area (Å²) in [5.74, 6) is -13.3. The van der Waals surface area contributed by atoms with Gasteiger partial charge in [0.2, 0.25) is 5.82 Å². The first-order chi connectivity index (χ1) is 25.0. The fourth-order valence-corrected chi connectivity index (χ4v) is 6.64. The number of carbonyl (C=O) groups excluding carboxylic acids is 1. The number of ether oxygens (including phenoxy) is 2. The molecular formula is C38H29F5N2O6S. The van der Waals surface area contributed by atoms with Gasteiger partial charge in [-0.1, -0.05) is 66.7 Å². The molecule has 0 saturated carbocycles. The number of aliphatic hydroxyl groups excluding tert-OH is 1. The lowest BCUT2D eigenvalue weighted by atomic mass is 9.99. The van der Waals surface area contributed by atoms with Crippen molar-refractivity contribution in [1.82, 2.24) is 10.3 Å². The fraction of sp³-hybridized carbons (Fsp3) is 0.184. The van der Waals surface area contributed by atoms with Gasteiger partial charge in [-0.3, -0.25) is 4.79 Å². The summed E-state index contributed by atoms with van der Waals surface area (Å²) >= 11 is 1.27. The lowest BCUT2D eigenvalue weighted by Crippen LogP contribution is -2.31. The van der Waals surface area contributed by atoms with Crippen LogP contribution < -0.4 is 5.32 Å². The number of aromatic carboxylic acids is 1. The van der Waals surface area contributed by atoms with Crippen molar-refractivity contribution < 1.29 is 51.2 Å². The van der Waals surface area contributed by atoms with Crippen LogP contribution in [-0.2, 0) is 22.6 Å². The molecule has 3 unspecified atom stereocenters. The summed E-state index contributed by atoms with van der Waals surface area (Å²) in [5.41, 5.74) is 2.81.